The standard InChI is InChI=1S/C13H24BrNO/c1-10(2)11(3)12(16)15-9-13(8-14)6-4-5-7-13/h10-11H,4-9H2,1-3H3,(H,15,16). The fourth-order valence-corrected chi connectivity index (χ4v) is 2.98. The average molecular weight is 290 g/mol. The molecule has 1 N–H and O–H groups in total. The Balaban J connectivity index is 2.41. The van der Waals surface area contributed by atoms with Crippen LogP contribution in [0.1, 0.15) is 46.5 Å². The highest BCUT2D eigenvalue weighted by molar-refractivity contribution is 9.09. The van der Waals surface area contributed by atoms with Crippen LogP contribution in [0.4, 0.5) is 0 Å². The number of hydrogen-bond acceptors (Lipinski definition) is 1. The summed E-state index contributed by atoms with van der Waals surface area (Å²) in [6.45, 7) is 7.05. The molecule has 0 aromatic carbocycles. The maximum Gasteiger partial charge on any atom is 0.223 e. The van der Waals surface area contributed by atoms with Crippen LogP contribution in [-0.4, -0.2) is 17.8 Å². The first-order chi connectivity index (χ1) is 7.51. The minimum absolute atomic E-state index is 0.119. The van der Waals surface area contributed by atoms with Crippen LogP contribution in [-0.2, 0) is 4.79 Å². The molecule has 1 unspecified atom stereocenters. The van der Waals surface area contributed by atoms with E-state index in [0.29, 0.717) is 11.3 Å². The van der Waals surface area contributed by atoms with Crippen LogP contribution < -0.4 is 5.32 Å². The van der Waals surface area contributed by atoms with Crippen molar-refractivity contribution in [1.82, 2.24) is 5.32 Å². The molecule has 0 heterocycles. The SMILES string of the molecule is CC(C)C(C)C(=O)NCC1(CBr)CCCC1. The fourth-order valence-electron chi connectivity index (χ4n) is 2.22. The van der Waals surface area contributed by atoms with Gasteiger partial charge < -0.3 is 5.32 Å². The van der Waals surface area contributed by atoms with Gasteiger partial charge in [0, 0.05) is 17.8 Å². The third kappa shape index (κ3) is 3.47. The van der Waals surface area contributed by atoms with Crippen LogP contribution in [0.25, 0.3) is 0 Å². The predicted molar refractivity (Wildman–Crippen MR) is 71.7 cm³/mol. The van der Waals surface area contributed by atoms with E-state index in [1.165, 1.54) is 25.7 Å². The van der Waals surface area contributed by atoms with Crippen molar-refractivity contribution in [3.05, 3.63) is 0 Å². The molecule has 0 bridgehead atoms. The van der Waals surface area contributed by atoms with E-state index in [4.69, 9.17) is 0 Å². The summed E-state index contributed by atoms with van der Waals surface area (Å²) in [5.74, 6) is 0.750. The van der Waals surface area contributed by atoms with Gasteiger partial charge in [-0.2, -0.15) is 0 Å². The van der Waals surface area contributed by atoms with Crippen molar-refractivity contribution >= 4 is 21.8 Å². The average Bonchev–Trinajstić information content (AvgIpc) is 2.74. The molecule has 0 spiro atoms. The summed E-state index contributed by atoms with van der Waals surface area (Å²) in [5.41, 5.74) is 0.326. The zero-order valence-corrected chi connectivity index (χ0v) is 12.3. The van der Waals surface area contributed by atoms with E-state index in [1.807, 2.05) is 6.92 Å². The van der Waals surface area contributed by atoms with Gasteiger partial charge in [0.05, 0.1) is 0 Å². The van der Waals surface area contributed by atoms with Crippen molar-refractivity contribution in [2.24, 2.45) is 17.3 Å². The van der Waals surface area contributed by atoms with Gasteiger partial charge in [-0.25, -0.2) is 0 Å². The van der Waals surface area contributed by atoms with Crippen LogP contribution in [0.5, 0.6) is 0 Å². The summed E-state index contributed by atoms with van der Waals surface area (Å²) in [4.78, 5) is 11.9. The third-order valence-electron chi connectivity index (χ3n) is 4.00. The maximum absolute atomic E-state index is 11.9. The molecule has 0 saturated heterocycles. The molecule has 1 atom stereocenters. The van der Waals surface area contributed by atoms with E-state index in [1.54, 1.807) is 0 Å². The van der Waals surface area contributed by atoms with Crippen LogP contribution in [0.15, 0.2) is 0 Å². The first kappa shape index (κ1) is 14.0. The summed E-state index contributed by atoms with van der Waals surface area (Å²) in [7, 11) is 0. The summed E-state index contributed by atoms with van der Waals surface area (Å²) in [5, 5.41) is 4.14. The van der Waals surface area contributed by atoms with Gasteiger partial charge in [0.2, 0.25) is 5.91 Å². The topological polar surface area (TPSA) is 29.1 Å². The summed E-state index contributed by atoms with van der Waals surface area (Å²) < 4.78 is 0. The monoisotopic (exact) mass is 289 g/mol. The summed E-state index contributed by atoms with van der Waals surface area (Å²) in [6, 6.07) is 0. The molecule has 1 aliphatic rings. The van der Waals surface area contributed by atoms with E-state index >= 15 is 0 Å². The van der Waals surface area contributed by atoms with Crippen molar-refractivity contribution in [2.45, 2.75) is 46.5 Å². The first-order valence-electron chi connectivity index (χ1n) is 6.34. The lowest BCUT2D eigenvalue weighted by atomic mass is 9.88. The van der Waals surface area contributed by atoms with Crippen LogP contribution >= 0.6 is 15.9 Å². The number of amides is 1. The highest BCUT2D eigenvalue weighted by Gasteiger charge is 2.33. The van der Waals surface area contributed by atoms with Gasteiger partial charge in [-0.15, -0.1) is 0 Å². The van der Waals surface area contributed by atoms with Crippen molar-refractivity contribution < 1.29 is 4.79 Å². The second-order valence-electron chi connectivity index (χ2n) is 5.59. The lowest BCUT2D eigenvalue weighted by Gasteiger charge is -2.28. The largest absolute Gasteiger partial charge is 0.355 e. The molecular formula is C13H24BrNO. The van der Waals surface area contributed by atoms with Crippen molar-refractivity contribution in [2.75, 3.05) is 11.9 Å². The molecule has 0 aromatic heterocycles. The third-order valence-corrected chi connectivity index (χ3v) is 5.19. The van der Waals surface area contributed by atoms with Gasteiger partial charge in [0.15, 0.2) is 0 Å². The number of alkyl halides is 1. The van der Waals surface area contributed by atoms with E-state index in [-0.39, 0.29) is 11.8 Å². The molecule has 3 heteroatoms. The molecular weight excluding hydrogens is 266 g/mol. The van der Waals surface area contributed by atoms with Crippen molar-refractivity contribution in [1.29, 1.82) is 0 Å². The molecule has 16 heavy (non-hydrogen) atoms. The highest BCUT2D eigenvalue weighted by atomic mass is 79.9. The van der Waals surface area contributed by atoms with Crippen LogP contribution in [0.3, 0.4) is 0 Å². The van der Waals surface area contributed by atoms with Gasteiger partial charge in [-0.1, -0.05) is 49.5 Å². The molecule has 1 saturated carbocycles. The Kier molecular flexibility index (Phi) is 5.29. The van der Waals surface area contributed by atoms with Crippen molar-refractivity contribution in [3.63, 3.8) is 0 Å². The Morgan fingerprint density at radius 1 is 1.31 bits per heavy atom. The summed E-state index contributed by atoms with van der Waals surface area (Å²) >= 11 is 3.60. The Morgan fingerprint density at radius 2 is 1.88 bits per heavy atom. The van der Waals surface area contributed by atoms with Gasteiger partial charge in [-0.3, -0.25) is 4.79 Å². The molecule has 0 radical (unpaired) electrons. The minimum atomic E-state index is 0.119. The maximum atomic E-state index is 11.9. The molecule has 0 aliphatic heterocycles. The molecule has 94 valence electrons. The fraction of sp³-hybridized carbons (Fsp3) is 0.923. The van der Waals surface area contributed by atoms with Gasteiger partial charge in [0.1, 0.15) is 0 Å². The molecule has 1 fully saturated rings. The molecule has 1 aliphatic carbocycles. The van der Waals surface area contributed by atoms with E-state index in [2.05, 4.69) is 35.1 Å². The molecule has 2 nitrogen and oxygen atoms in total. The number of halogens is 1. The lowest BCUT2D eigenvalue weighted by molar-refractivity contribution is -0.126. The molecule has 1 rings (SSSR count). The number of hydrogen-bond donors (Lipinski definition) is 1. The Morgan fingerprint density at radius 3 is 2.31 bits per heavy atom. The number of rotatable bonds is 5. The second-order valence-corrected chi connectivity index (χ2v) is 6.15. The predicted octanol–water partition coefficient (Wildman–Crippen LogP) is 3.35. The zero-order valence-electron chi connectivity index (χ0n) is 10.7. The van der Waals surface area contributed by atoms with E-state index in [0.717, 1.165) is 11.9 Å². The van der Waals surface area contributed by atoms with E-state index < -0.39 is 0 Å². The minimum Gasteiger partial charge on any atom is -0.355 e. The van der Waals surface area contributed by atoms with Gasteiger partial charge in [-0.05, 0) is 24.2 Å². The zero-order chi connectivity index (χ0) is 12.2. The normalized spacial score (nSPS) is 21.1. The lowest BCUT2D eigenvalue weighted by Crippen LogP contribution is -2.40. The van der Waals surface area contributed by atoms with Crippen molar-refractivity contribution in [3.8, 4) is 0 Å². The smallest absolute Gasteiger partial charge is 0.223 e. The molecule has 1 amide bonds. The van der Waals surface area contributed by atoms with E-state index in [9.17, 15) is 4.79 Å². The van der Waals surface area contributed by atoms with Gasteiger partial charge >= 0.3 is 0 Å². The quantitative estimate of drug-likeness (QED) is 0.773. The van der Waals surface area contributed by atoms with Gasteiger partial charge in [0.25, 0.3) is 0 Å². The summed E-state index contributed by atoms with van der Waals surface area (Å²) in [6.07, 6.45) is 5.10. The number of carbonyl (C=O) groups is 1. The Labute approximate surface area is 108 Å². The Hall–Kier alpha value is -0.0500. The van der Waals surface area contributed by atoms with Crippen LogP contribution in [0.2, 0.25) is 0 Å². The Bertz CT molecular complexity index is 234. The highest BCUT2D eigenvalue weighted by Crippen LogP contribution is 2.39. The van der Waals surface area contributed by atoms with Crippen LogP contribution in [0, 0.1) is 17.3 Å². The number of carbonyl (C=O) groups excluding carboxylic acids is 1. The first-order valence-corrected chi connectivity index (χ1v) is 7.46. The molecule has 0 aromatic rings. The number of nitrogens with one attached hydrogen (secondary N) is 1. The second kappa shape index (κ2) is 6.04.